The molecule has 0 aromatic heterocycles. The van der Waals surface area contributed by atoms with Gasteiger partial charge < -0.3 is 4.90 Å². The van der Waals surface area contributed by atoms with Crippen molar-refractivity contribution in [2.24, 2.45) is 11.8 Å². The minimum atomic E-state index is 0.162. The summed E-state index contributed by atoms with van der Waals surface area (Å²) in [6.45, 7) is 7.21. The molecule has 2 atom stereocenters. The van der Waals surface area contributed by atoms with E-state index in [0.29, 0.717) is 17.9 Å². The number of likely N-dealkylation sites (tertiary alicyclic amines) is 1. The Labute approximate surface area is 95.2 Å². The van der Waals surface area contributed by atoms with Gasteiger partial charge in [-0.05, 0) is 18.8 Å². The summed E-state index contributed by atoms with van der Waals surface area (Å²) in [6, 6.07) is 0.434. The van der Waals surface area contributed by atoms with Crippen molar-refractivity contribution >= 4 is 21.8 Å². The van der Waals surface area contributed by atoms with Crippen molar-refractivity contribution in [1.82, 2.24) is 4.90 Å². The molecule has 82 valence electrons. The number of alkyl halides is 1. The Balaban J connectivity index is 2.59. The van der Waals surface area contributed by atoms with E-state index >= 15 is 0 Å². The molecule has 1 fully saturated rings. The first kappa shape index (κ1) is 12.0. The third-order valence-electron chi connectivity index (χ3n) is 3.23. The van der Waals surface area contributed by atoms with Crippen LogP contribution in [-0.2, 0) is 4.79 Å². The van der Waals surface area contributed by atoms with E-state index in [1.807, 2.05) is 6.92 Å². The molecule has 0 bridgehead atoms. The highest BCUT2D eigenvalue weighted by Gasteiger charge is 2.31. The summed E-state index contributed by atoms with van der Waals surface area (Å²) in [5.41, 5.74) is 0. The predicted molar refractivity (Wildman–Crippen MR) is 62.5 cm³/mol. The van der Waals surface area contributed by atoms with Gasteiger partial charge in [-0.1, -0.05) is 36.7 Å². The molecule has 0 aromatic carbocycles. The van der Waals surface area contributed by atoms with Gasteiger partial charge in [0.25, 0.3) is 0 Å². The van der Waals surface area contributed by atoms with Crippen molar-refractivity contribution in [3.8, 4) is 0 Å². The van der Waals surface area contributed by atoms with Crippen molar-refractivity contribution in [1.29, 1.82) is 0 Å². The molecule has 1 aliphatic rings. The number of carbonyl (C=O) groups excluding carboxylic acids is 1. The Morgan fingerprint density at radius 3 is 2.64 bits per heavy atom. The normalized spacial score (nSPS) is 24.4. The zero-order valence-electron chi connectivity index (χ0n) is 9.29. The quantitative estimate of drug-likeness (QED) is 0.716. The van der Waals surface area contributed by atoms with Crippen LogP contribution >= 0.6 is 15.9 Å². The van der Waals surface area contributed by atoms with Gasteiger partial charge in [0.1, 0.15) is 0 Å². The monoisotopic (exact) mass is 261 g/mol. The molecular formula is C11H20BrNO. The van der Waals surface area contributed by atoms with Crippen molar-refractivity contribution in [3.63, 3.8) is 0 Å². The SMILES string of the molecule is CC(C)C(C)C(=O)N1CCCC1CBr. The van der Waals surface area contributed by atoms with Gasteiger partial charge in [0.05, 0.1) is 0 Å². The maximum absolute atomic E-state index is 12.1. The third kappa shape index (κ3) is 2.50. The minimum Gasteiger partial charge on any atom is -0.339 e. The number of rotatable bonds is 3. The average Bonchev–Trinajstić information content (AvgIpc) is 2.62. The van der Waals surface area contributed by atoms with E-state index in [9.17, 15) is 4.79 Å². The molecule has 0 aromatic rings. The molecule has 1 aliphatic heterocycles. The van der Waals surface area contributed by atoms with Crippen LogP contribution in [0.2, 0.25) is 0 Å². The van der Waals surface area contributed by atoms with E-state index in [1.165, 1.54) is 0 Å². The number of amides is 1. The van der Waals surface area contributed by atoms with E-state index in [-0.39, 0.29) is 5.92 Å². The first-order valence-corrected chi connectivity index (χ1v) is 6.56. The van der Waals surface area contributed by atoms with Crippen molar-refractivity contribution in [2.75, 3.05) is 11.9 Å². The Kier molecular flexibility index (Phi) is 4.42. The lowest BCUT2D eigenvalue weighted by atomic mass is 9.96. The number of hydrogen-bond acceptors (Lipinski definition) is 1. The summed E-state index contributed by atoms with van der Waals surface area (Å²) in [5.74, 6) is 0.940. The highest BCUT2D eigenvalue weighted by atomic mass is 79.9. The van der Waals surface area contributed by atoms with Gasteiger partial charge in [0, 0.05) is 23.8 Å². The molecule has 0 radical (unpaired) electrons. The third-order valence-corrected chi connectivity index (χ3v) is 3.98. The lowest BCUT2D eigenvalue weighted by molar-refractivity contribution is -0.136. The second-order valence-corrected chi connectivity index (χ2v) is 5.16. The average molecular weight is 262 g/mol. The summed E-state index contributed by atoms with van der Waals surface area (Å²) >= 11 is 3.48. The van der Waals surface area contributed by atoms with Crippen molar-refractivity contribution < 1.29 is 4.79 Å². The molecule has 0 N–H and O–H groups in total. The molecule has 1 amide bonds. The smallest absolute Gasteiger partial charge is 0.225 e. The van der Waals surface area contributed by atoms with Gasteiger partial charge in [-0.15, -0.1) is 0 Å². The van der Waals surface area contributed by atoms with Crippen LogP contribution < -0.4 is 0 Å². The van der Waals surface area contributed by atoms with E-state index in [0.717, 1.165) is 24.7 Å². The molecule has 1 heterocycles. The minimum absolute atomic E-state index is 0.162. The fourth-order valence-corrected chi connectivity index (χ4v) is 2.51. The first-order valence-electron chi connectivity index (χ1n) is 5.44. The van der Waals surface area contributed by atoms with E-state index in [2.05, 4.69) is 34.7 Å². The topological polar surface area (TPSA) is 20.3 Å². The summed E-state index contributed by atoms with van der Waals surface area (Å²) < 4.78 is 0. The Hall–Kier alpha value is -0.0500. The van der Waals surface area contributed by atoms with Crippen LogP contribution in [-0.4, -0.2) is 28.7 Å². The van der Waals surface area contributed by atoms with E-state index < -0.39 is 0 Å². The van der Waals surface area contributed by atoms with Crippen LogP contribution in [0.4, 0.5) is 0 Å². The molecule has 2 nitrogen and oxygen atoms in total. The Bertz CT molecular complexity index is 205. The van der Waals surface area contributed by atoms with Gasteiger partial charge in [-0.3, -0.25) is 4.79 Å². The number of hydrogen-bond donors (Lipinski definition) is 0. The fraction of sp³-hybridized carbons (Fsp3) is 0.909. The summed E-state index contributed by atoms with van der Waals surface area (Å²) in [6.07, 6.45) is 2.31. The molecule has 0 saturated carbocycles. The fourth-order valence-electron chi connectivity index (χ4n) is 1.83. The summed E-state index contributed by atoms with van der Waals surface area (Å²) in [4.78, 5) is 14.1. The number of carbonyl (C=O) groups is 1. The molecule has 1 saturated heterocycles. The van der Waals surface area contributed by atoms with Crippen molar-refractivity contribution in [2.45, 2.75) is 39.7 Å². The highest BCUT2D eigenvalue weighted by Crippen LogP contribution is 2.23. The van der Waals surface area contributed by atoms with Gasteiger partial charge >= 0.3 is 0 Å². The maximum atomic E-state index is 12.1. The van der Waals surface area contributed by atoms with E-state index in [1.54, 1.807) is 0 Å². The van der Waals surface area contributed by atoms with Crippen LogP contribution in [0, 0.1) is 11.8 Å². The summed E-state index contributed by atoms with van der Waals surface area (Å²) in [7, 11) is 0. The second-order valence-electron chi connectivity index (χ2n) is 4.51. The number of halogens is 1. The molecule has 14 heavy (non-hydrogen) atoms. The molecule has 2 unspecified atom stereocenters. The van der Waals surface area contributed by atoms with Gasteiger partial charge in [0.15, 0.2) is 0 Å². The maximum Gasteiger partial charge on any atom is 0.225 e. The second kappa shape index (κ2) is 5.15. The van der Waals surface area contributed by atoms with Crippen LogP contribution in [0.25, 0.3) is 0 Å². The van der Waals surface area contributed by atoms with Crippen molar-refractivity contribution in [3.05, 3.63) is 0 Å². The van der Waals surface area contributed by atoms with E-state index in [4.69, 9.17) is 0 Å². The van der Waals surface area contributed by atoms with Gasteiger partial charge in [-0.25, -0.2) is 0 Å². The zero-order valence-corrected chi connectivity index (χ0v) is 10.9. The van der Waals surface area contributed by atoms with Crippen LogP contribution in [0.5, 0.6) is 0 Å². The largest absolute Gasteiger partial charge is 0.339 e. The standard InChI is InChI=1S/C11H20BrNO/c1-8(2)9(3)11(14)13-6-4-5-10(13)7-12/h8-10H,4-7H2,1-3H3. The molecular weight excluding hydrogens is 242 g/mol. The van der Waals surface area contributed by atoms with Crippen LogP contribution in [0.1, 0.15) is 33.6 Å². The lowest BCUT2D eigenvalue weighted by Crippen LogP contribution is -2.41. The molecule has 1 rings (SSSR count). The molecule has 0 aliphatic carbocycles. The zero-order chi connectivity index (χ0) is 10.7. The predicted octanol–water partition coefficient (Wildman–Crippen LogP) is 2.66. The number of nitrogens with zero attached hydrogens (tertiary/aromatic N) is 1. The Morgan fingerprint density at radius 2 is 2.14 bits per heavy atom. The van der Waals surface area contributed by atoms with Gasteiger partial charge in [0.2, 0.25) is 5.91 Å². The first-order chi connectivity index (χ1) is 6.57. The Morgan fingerprint density at radius 1 is 1.50 bits per heavy atom. The molecule has 3 heteroatoms. The molecule has 0 spiro atoms. The van der Waals surface area contributed by atoms with Crippen LogP contribution in [0.15, 0.2) is 0 Å². The summed E-state index contributed by atoms with van der Waals surface area (Å²) in [5, 5.41) is 0.920. The van der Waals surface area contributed by atoms with Gasteiger partial charge in [-0.2, -0.15) is 0 Å². The van der Waals surface area contributed by atoms with Crippen LogP contribution in [0.3, 0.4) is 0 Å². The highest BCUT2D eigenvalue weighted by molar-refractivity contribution is 9.09. The lowest BCUT2D eigenvalue weighted by Gasteiger charge is -2.27.